The molecule has 0 saturated heterocycles. The first-order valence-corrected chi connectivity index (χ1v) is 8.59. The molecule has 1 aliphatic rings. The number of thiazole rings is 1. The molecule has 6 heteroatoms. The van der Waals surface area contributed by atoms with E-state index in [0.29, 0.717) is 6.54 Å². The third-order valence-electron chi connectivity index (χ3n) is 4.31. The minimum atomic E-state index is -0.540. The highest BCUT2D eigenvalue weighted by atomic mass is 32.1. The van der Waals surface area contributed by atoms with Gasteiger partial charge in [0.25, 0.3) is 0 Å². The molecule has 1 aliphatic carbocycles. The van der Waals surface area contributed by atoms with Gasteiger partial charge < -0.3 is 15.3 Å². The summed E-state index contributed by atoms with van der Waals surface area (Å²) in [5.41, 5.74) is 0.638. The van der Waals surface area contributed by atoms with Gasteiger partial charge in [0, 0.05) is 31.7 Å². The molecule has 0 spiro atoms. The molecule has 1 saturated carbocycles. The van der Waals surface area contributed by atoms with Gasteiger partial charge in [0.1, 0.15) is 0 Å². The lowest BCUT2D eigenvalue weighted by molar-refractivity contribution is 0.0558. The summed E-state index contributed by atoms with van der Waals surface area (Å²) >= 11 is 1.65. The number of likely N-dealkylation sites (N-methyl/N-ethyl adjacent to an activating group) is 1. The lowest BCUT2D eigenvalue weighted by Crippen LogP contribution is -2.39. The fraction of sp³-hybridized carbons (Fsp3) is 0.667. The molecule has 3 rings (SSSR count). The first-order chi connectivity index (χ1) is 10.1. The number of rotatable bonds is 6. The average molecular weight is 308 g/mol. The zero-order valence-corrected chi connectivity index (χ0v) is 13.6. The van der Waals surface area contributed by atoms with Gasteiger partial charge in [0.15, 0.2) is 10.8 Å². The van der Waals surface area contributed by atoms with E-state index in [1.54, 1.807) is 11.3 Å². The number of aliphatic hydroxyl groups is 1. The van der Waals surface area contributed by atoms with Crippen LogP contribution in [0.5, 0.6) is 0 Å². The van der Waals surface area contributed by atoms with Crippen molar-refractivity contribution < 1.29 is 5.11 Å². The molecule has 0 amide bonds. The van der Waals surface area contributed by atoms with Gasteiger partial charge in [-0.3, -0.25) is 4.40 Å². The van der Waals surface area contributed by atoms with Gasteiger partial charge in [0.2, 0.25) is 0 Å². The van der Waals surface area contributed by atoms with Crippen LogP contribution in [0.4, 0.5) is 5.82 Å². The highest BCUT2D eigenvalue weighted by Crippen LogP contribution is 2.32. The Morgan fingerprint density at radius 2 is 2.24 bits per heavy atom. The largest absolute Gasteiger partial charge is 0.388 e. The first kappa shape index (κ1) is 14.8. The van der Waals surface area contributed by atoms with Crippen molar-refractivity contribution >= 4 is 22.1 Å². The van der Waals surface area contributed by atoms with E-state index in [2.05, 4.69) is 33.1 Å². The lowest BCUT2D eigenvalue weighted by atomic mass is 10.0. The maximum atomic E-state index is 10.6. The number of anilines is 1. The summed E-state index contributed by atoms with van der Waals surface area (Å²) in [6.45, 7) is 4.50. The number of aromatic nitrogens is 2. The van der Waals surface area contributed by atoms with Crippen LogP contribution in [-0.2, 0) is 6.54 Å². The normalized spacial score (nSPS) is 17.7. The zero-order chi connectivity index (χ0) is 14.9. The van der Waals surface area contributed by atoms with Crippen molar-refractivity contribution in [2.24, 2.45) is 0 Å². The Bertz CT molecular complexity index is 600. The second-order valence-corrected chi connectivity index (χ2v) is 6.88. The van der Waals surface area contributed by atoms with Crippen molar-refractivity contribution in [2.45, 2.75) is 44.8 Å². The van der Waals surface area contributed by atoms with Gasteiger partial charge in [-0.05, 0) is 19.4 Å². The van der Waals surface area contributed by atoms with E-state index in [9.17, 15) is 5.11 Å². The molecular weight excluding hydrogens is 284 g/mol. The minimum absolute atomic E-state index is 0.540. The number of hydrogen-bond acceptors (Lipinski definition) is 5. The maximum Gasteiger partial charge on any atom is 0.195 e. The maximum absolute atomic E-state index is 10.6. The molecule has 0 aliphatic heterocycles. The van der Waals surface area contributed by atoms with E-state index >= 15 is 0 Å². The van der Waals surface area contributed by atoms with Crippen LogP contribution in [0.1, 0.15) is 38.3 Å². The Morgan fingerprint density at radius 3 is 2.95 bits per heavy atom. The SMILES string of the molecule is CCNCc1c(N(C)CC2(O)CCCC2)nc2sccn12. The number of imidazole rings is 1. The van der Waals surface area contributed by atoms with Crippen LogP contribution < -0.4 is 10.2 Å². The summed E-state index contributed by atoms with van der Waals surface area (Å²) in [5.74, 6) is 0.989. The van der Waals surface area contributed by atoms with Crippen molar-refractivity contribution in [1.29, 1.82) is 0 Å². The summed E-state index contributed by atoms with van der Waals surface area (Å²) < 4.78 is 2.15. The third-order valence-corrected chi connectivity index (χ3v) is 5.07. The molecule has 0 atom stereocenters. The second-order valence-electron chi connectivity index (χ2n) is 6.01. The van der Waals surface area contributed by atoms with Gasteiger partial charge in [-0.2, -0.15) is 0 Å². The van der Waals surface area contributed by atoms with Gasteiger partial charge >= 0.3 is 0 Å². The topological polar surface area (TPSA) is 52.8 Å². The van der Waals surface area contributed by atoms with E-state index in [1.807, 2.05) is 7.05 Å². The van der Waals surface area contributed by atoms with Crippen LogP contribution in [0.3, 0.4) is 0 Å². The number of hydrogen-bond donors (Lipinski definition) is 2. The summed E-state index contributed by atoms with van der Waals surface area (Å²) in [7, 11) is 2.04. The molecule has 2 aromatic rings. The number of nitrogens with zero attached hydrogens (tertiary/aromatic N) is 3. The molecular formula is C15H24N4OS. The van der Waals surface area contributed by atoms with Crippen LogP contribution in [0, 0.1) is 0 Å². The van der Waals surface area contributed by atoms with Crippen LogP contribution >= 0.6 is 11.3 Å². The zero-order valence-electron chi connectivity index (χ0n) is 12.8. The number of nitrogens with one attached hydrogen (secondary N) is 1. The van der Waals surface area contributed by atoms with E-state index in [-0.39, 0.29) is 0 Å². The van der Waals surface area contributed by atoms with Crippen LogP contribution in [0.2, 0.25) is 0 Å². The molecule has 1 fully saturated rings. The van der Waals surface area contributed by atoms with E-state index in [1.165, 1.54) is 5.69 Å². The Labute approximate surface area is 129 Å². The Balaban J connectivity index is 1.85. The summed E-state index contributed by atoms with van der Waals surface area (Å²) in [6.07, 6.45) is 6.14. The van der Waals surface area contributed by atoms with Crippen LogP contribution in [0.15, 0.2) is 11.6 Å². The lowest BCUT2D eigenvalue weighted by Gasteiger charge is -2.29. The molecule has 116 valence electrons. The Kier molecular flexibility index (Phi) is 4.19. The second kappa shape index (κ2) is 5.94. The van der Waals surface area contributed by atoms with Gasteiger partial charge in [-0.15, -0.1) is 11.3 Å². The van der Waals surface area contributed by atoms with Crippen molar-refractivity contribution in [3.63, 3.8) is 0 Å². The molecule has 0 radical (unpaired) electrons. The summed E-state index contributed by atoms with van der Waals surface area (Å²) in [5, 5.41) is 16.1. The van der Waals surface area contributed by atoms with Crippen molar-refractivity contribution in [3.05, 3.63) is 17.3 Å². The van der Waals surface area contributed by atoms with E-state index in [4.69, 9.17) is 4.98 Å². The highest BCUT2D eigenvalue weighted by molar-refractivity contribution is 7.15. The molecule has 0 bridgehead atoms. The van der Waals surface area contributed by atoms with Gasteiger partial charge in [-0.1, -0.05) is 19.8 Å². The standard InChI is InChI=1S/C15H24N4OS/c1-3-16-10-12-13(17-14-19(12)8-9-21-14)18(2)11-15(20)6-4-5-7-15/h8-9,16,20H,3-7,10-11H2,1-2H3. The minimum Gasteiger partial charge on any atom is -0.388 e. The fourth-order valence-electron chi connectivity index (χ4n) is 3.24. The molecule has 5 nitrogen and oxygen atoms in total. The first-order valence-electron chi connectivity index (χ1n) is 7.71. The summed E-state index contributed by atoms with van der Waals surface area (Å²) in [6, 6.07) is 0. The molecule has 2 heterocycles. The predicted molar refractivity (Wildman–Crippen MR) is 87.1 cm³/mol. The van der Waals surface area contributed by atoms with Crippen molar-refractivity contribution in [1.82, 2.24) is 14.7 Å². The summed E-state index contributed by atoms with van der Waals surface area (Å²) in [4.78, 5) is 7.89. The predicted octanol–water partition coefficient (Wildman–Crippen LogP) is 2.25. The van der Waals surface area contributed by atoms with Crippen molar-refractivity contribution in [2.75, 3.05) is 25.0 Å². The van der Waals surface area contributed by atoms with E-state index in [0.717, 1.165) is 49.6 Å². The molecule has 0 aromatic carbocycles. The molecule has 21 heavy (non-hydrogen) atoms. The highest BCUT2D eigenvalue weighted by Gasteiger charge is 2.33. The molecule has 2 N–H and O–H groups in total. The average Bonchev–Trinajstić information content (AvgIpc) is 3.12. The van der Waals surface area contributed by atoms with Gasteiger partial charge in [0.05, 0.1) is 11.3 Å². The van der Waals surface area contributed by atoms with E-state index < -0.39 is 5.60 Å². The molecule has 0 unspecified atom stereocenters. The Morgan fingerprint density at radius 1 is 1.48 bits per heavy atom. The smallest absolute Gasteiger partial charge is 0.195 e. The quantitative estimate of drug-likeness (QED) is 0.859. The monoisotopic (exact) mass is 308 g/mol. The Hall–Kier alpha value is -1.11. The van der Waals surface area contributed by atoms with Crippen molar-refractivity contribution in [3.8, 4) is 0 Å². The van der Waals surface area contributed by atoms with Crippen LogP contribution in [-0.4, -0.2) is 40.2 Å². The van der Waals surface area contributed by atoms with Gasteiger partial charge in [-0.25, -0.2) is 4.98 Å². The number of fused-ring (bicyclic) bond motifs is 1. The van der Waals surface area contributed by atoms with Crippen LogP contribution in [0.25, 0.3) is 4.96 Å². The fourth-order valence-corrected chi connectivity index (χ4v) is 3.97. The molecule has 2 aromatic heterocycles. The third kappa shape index (κ3) is 2.93.